The minimum Gasteiger partial charge on any atom is -0.495 e. The van der Waals surface area contributed by atoms with Crippen LogP contribution in [0.3, 0.4) is 0 Å². The maximum atomic E-state index is 11.7. The summed E-state index contributed by atoms with van der Waals surface area (Å²) in [5.41, 5.74) is 7.28. The fraction of sp³-hybridized carbons (Fsp3) is 0.462. The predicted octanol–water partition coefficient (Wildman–Crippen LogP) is 1.93. The summed E-state index contributed by atoms with van der Waals surface area (Å²) >= 11 is 0. The Balaban J connectivity index is 2.71. The first-order chi connectivity index (χ1) is 8.06. The highest BCUT2D eigenvalue weighted by Gasteiger charge is 2.10. The first kappa shape index (κ1) is 13.5. The topological polar surface area (TPSA) is 64.3 Å². The van der Waals surface area contributed by atoms with Crippen molar-refractivity contribution in [3.63, 3.8) is 0 Å². The molecule has 1 unspecified atom stereocenters. The molecule has 0 aromatic heterocycles. The summed E-state index contributed by atoms with van der Waals surface area (Å²) < 4.78 is 5.22. The Bertz CT molecular complexity index is 391. The van der Waals surface area contributed by atoms with Crippen LogP contribution < -0.4 is 15.8 Å². The molecule has 17 heavy (non-hydrogen) atoms. The Morgan fingerprint density at radius 2 is 2.24 bits per heavy atom. The summed E-state index contributed by atoms with van der Waals surface area (Å²) in [4.78, 5) is 11.7. The first-order valence-corrected chi connectivity index (χ1v) is 5.71. The van der Waals surface area contributed by atoms with Crippen LogP contribution in [0.5, 0.6) is 5.75 Å². The average Bonchev–Trinajstić information content (AvgIpc) is 2.31. The van der Waals surface area contributed by atoms with Gasteiger partial charge in [-0.2, -0.15) is 0 Å². The Kier molecular flexibility index (Phi) is 4.97. The molecule has 1 aromatic rings. The van der Waals surface area contributed by atoms with Gasteiger partial charge in [0.1, 0.15) is 5.75 Å². The van der Waals surface area contributed by atoms with Crippen LogP contribution in [0, 0.1) is 12.8 Å². The van der Waals surface area contributed by atoms with E-state index < -0.39 is 0 Å². The highest BCUT2D eigenvalue weighted by molar-refractivity contribution is 5.92. The van der Waals surface area contributed by atoms with E-state index >= 15 is 0 Å². The number of methoxy groups -OCH3 is 1. The molecule has 0 aliphatic carbocycles. The normalized spacial score (nSPS) is 12.0. The third-order valence-electron chi connectivity index (χ3n) is 2.57. The van der Waals surface area contributed by atoms with E-state index in [1.165, 1.54) is 0 Å². The fourth-order valence-electron chi connectivity index (χ4n) is 1.50. The van der Waals surface area contributed by atoms with Crippen LogP contribution in [-0.2, 0) is 4.79 Å². The van der Waals surface area contributed by atoms with E-state index in [1.807, 2.05) is 32.0 Å². The second-order valence-corrected chi connectivity index (χ2v) is 4.30. The zero-order valence-corrected chi connectivity index (χ0v) is 10.6. The minimum absolute atomic E-state index is 0.0369. The van der Waals surface area contributed by atoms with Crippen LogP contribution in [0.1, 0.15) is 18.9 Å². The molecule has 0 fully saturated rings. The number of nitrogens with one attached hydrogen (secondary N) is 1. The SMILES string of the molecule is COc1cc(C)ccc1NC(=O)CC(C)CN. The number of benzene rings is 1. The molecule has 3 N–H and O–H groups in total. The lowest BCUT2D eigenvalue weighted by Crippen LogP contribution is -2.20. The van der Waals surface area contributed by atoms with Gasteiger partial charge in [-0.3, -0.25) is 4.79 Å². The van der Waals surface area contributed by atoms with Gasteiger partial charge in [-0.25, -0.2) is 0 Å². The second-order valence-electron chi connectivity index (χ2n) is 4.30. The zero-order chi connectivity index (χ0) is 12.8. The summed E-state index contributed by atoms with van der Waals surface area (Å²) in [5, 5.41) is 2.83. The number of hydrogen-bond acceptors (Lipinski definition) is 3. The monoisotopic (exact) mass is 236 g/mol. The van der Waals surface area contributed by atoms with Crippen LogP contribution in [0.15, 0.2) is 18.2 Å². The number of amides is 1. The molecule has 0 saturated heterocycles. The van der Waals surface area contributed by atoms with Gasteiger partial charge in [-0.05, 0) is 37.1 Å². The van der Waals surface area contributed by atoms with Gasteiger partial charge in [0.2, 0.25) is 5.91 Å². The number of nitrogens with two attached hydrogens (primary N) is 1. The van der Waals surface area contributed by atoms with Crippen LogP contribution in [-0.4, -0.2) is 19.6 Å². The van der Waals surface area contributed by atoms with Crippen molar-refractivity contribution in [3.8, 4) is 5.75 Å². The zero-order valence-electron chi connectivity index (χ0n) is 10.6. The molecule has 1 atom stereocenters. The standard InChI is InChI=1S/C13H20N2O2/c1-9-4-5-11(12(6-9)17-3)15-13(16)7-10(2)8-14/h4-6,10H,7-8,14H2,1-3H3,(H,15,16). The highest BCUT2D eigenvalue weighted by atomic mass is 16.5. The summed E-state index contributed by atoms with van der Waals surface area (Å²) in [6, 6.07) is 5.67. The second kappa shape index (κ2) is 6.25. The van der Waals surface area contributed by atoms with Gasteiger partial charge in [0, 0.05) is 6.42 Å². The molecule has 4 nitrogen and oxygen atoms in total. The van der Waals surface area contributed by atoms with Gasteiger partial charge in [0.25, 0.3) is 0 Å². The number of rotatable bonds is 5. The summed E-state index contributed by atoms with van der Waals surface area (Å²) in [5.74, 6) is 0.829. The van der Waals surface area contributed by atoms with E-state index in [0.29, 0.717) is 24.4 Å². The van der Waals surface area contributed by atoms with Gasteiger partial charge in [0.05, 0.1) is 12.8 Å². The molecule has 4 heteroatoms. The highest BCUT2D eigenvalue weighted by Crippen LogP contribution is 2.25. The lowest BCUT2D eigenvalue weighted by atomic mass is 10.1. The number of aryl methyl sites for hydroxylation is 1. The van der Waals surface area contributed by atoms with Crippen molar-refractivity contribution in [1.82, 2.24) is 0 Å². The molecule has 94 valence electrons. The van der Waals surface area contributed by atoms with E-state index in [2.05, 4.69) is 5.32 Å². The van der Waals surface area contributed by atoms with Crippen molar-refractivity contribution >= 4 is 11.6 Å². The van der Waals surface area contributed by atoms with Gasteiger partial charge < -0.3 is 15.8 Å². The largest absolute Gasteiger partial charge is 0.495 e. The lowest BCUT2D eigenvalue weighted by Gasteiger charge is -2.12. The molecule has 0 heterocycles. The molecule has 0 aliphatic rings. The molecule has 1 rings (SSSR count). The third kappa shape index (κ3) is 4.07. The van der Waals surface area contributed by atoms with Crippen LogP contribution >= 0.6 is 0 Å². The fourth-order valence-corrected chi connectivity index (χ4v) is 1.50. The number of anilines is 1. The molecular weight excluding hydrogens is 216 g/mol. The molecule has 1 amide bonds. The minimum atomic E-state index is -0.0369. The molecule has 0 spiro atoms. The lowest BCUT2D eigenvalue weighted by molar-refractivity contribution is -0.116. The first-order valence-electron chi connectivity index (χ1n) is 5.71. The van der Waals surface area contributed by atoms with E-state index in [-0.39, 0.29) is 11.8 Å². The Morgan fingerprint density at radius 3 is 2.82 bits per heavy atom. The summed E-state index contributed by atoms with van der Waals surface area (Å²) in [7, 11) is 1.59. The maximum Gasteiger partial charge on any atom is 0.224 e. The molecule has 0 bridgehead atoms. The average molecular weight is 236 g/mol. The van der Waals surface area contributed by atoms with Gasteiger partial charge in [0.15, 0.2) is 0 Å². The van der Waals surface area contributed by atoms with Gasteiger partial charge in [-0.1, -0.05) is 13.0 Å². The summed E-state index contributed by atoms with van der Waals surface area (Å²) in [6.07, 6.45) is 0.424. The van der Waals surface area contributed by atoms with Crippen molar-refractivity contribution < 1.29 is 9.53 Å². The Labute approximate surface area is 102 Å². The maximum absolute atomic E-state index is 11.7. The number of hydrogen-bond donors (Lipinski definition) is 2. The molecule has 0 saturated carbocycles. The third-order valence-corrected chi connectivity index (χ3v) is 2.57. The summed E-state index contributed by atoms with van der Waals surface area (Å²) in [6.45, 7) is 4.44. The molecule has 0 radical (unpaired) electrons. The van der Waals surface area contributed by atoms with Crippen molar-refractivity contribution in [1.29, 1.82) is 0 Å². The van der Waals surface area contributed by atoms with Crippen LogP contribution in [0.25, 0.3) is 0 Å². The van der Waals surface area contributed by atoms with Crippen LogP contribution in [0.2, 0.25) is 0 Å². The molecular formula is C13H20N2O2. The van der Waals surface area contributed by atoms with E-state index in [9.17, 15) is 4.79 Å². The van der Waals surface area contributed by atoms with E-state index in [4.69, 9.17) is 10.5 Å². The van der Waals surface area contributed by atoms with Gasteiger partial charge in [-0.15, -0.1) is 0 Å². The van der Waals surface area contributed by atoms with Crippen molar-refractivity contribution in [2.24, 2.45) is 11.7 Å². The van der Waals surface area contributed by atoms with E-state index in [1.54, 1.807) is 7.11 Å². The molecule has 0 aliphatic heterocycles. The number of ether oxygens (including phenoxy) is 1. The van der Waals surface area contributed by atoms with E-state index in [0.717, 1.165) is 5.56 Å². The smallest absolute Gasteiger partial charge is 0.224 e. The van der Waals surface area contributed by atoms with Gasteiger partial charge >= 0.3 is 0 Å². The molecule has 1 aromatic carbocycles. The number of carbonyl (C=O) groups is 1. The van der Waals surface area contributed by atoms with Crippen LogP contribution in [0.4, 0.5) is 5.69 Å². The predicted molar refractivity (Wildman–Crippen MR) is 69.2 cm³/mol. The quantitative estimate of drug-likeness (QED) is 0.821. The Hall–Kier alpha value is -1.55. The van der Waals surface area contributed by atoms with Crippen molar-refractivity contribution in [3.05, 3.63) is 23.8 Å². The van der Waals surface area contributed by atoms with Crippen molar-refractivity contribution in [2.75, 3.05) is 19.0 Å². The Morgan fingerprint density at radius 1 is 1.53 bits per heavy atom. The number of carbonyl (C=O) groups excluding carboxylic acids is 1. The van der Waals surface area contributed by atoms with Crippen molar-refractivity contribution in [2.45, 2.75) is 20.3 Å².